The number of sulfonamides is 1. The van der Waals surface area contributed by atoms with E-state index in [1.807, 2.05) is 6.92 Å². The monoisotopic (exact) mass is 302 g/mol. The fourth-order valence-electron chi connectivity index (χ4n) is 1.58. The van der Waals surface area contributed by atoms with E-state index in [0.29, 0.717) is 11.7 Å². The van der Waals surface area contributed by atoms with Crippen molar-refractivity contribution in [3.05, 3.63) is 12.3 Å². The Morgan fingerprint density at radius 2 is 2.05 bits per heavy atom. The fraction of sp³-hybridized carbons (Fsp3) is 0.667. The molecule has 0 aliphatic rings. The van der Waals surface area contributed by atoms with Gasteiger partial charge < -0.3 is 5.32 Å². The van der Waals surface area contributed by atoms with Gasteiger partial charge in [0.1, 0.15) is 5.82 Å². The lowest BCUT2D eigenvalue weighted by Crippen LogP contribution is -2.27. The van der Waals surface area contributed by atoms with Crippen LogP contribution in [0.2, 0.25) is 0 Å². The fourth-order valence-corrected chi connectivity index (χ4v) is 2.05. The maximum atomic E-state index is 11.8. The second-order valence-corrected chi connectivity index (χ2v) is 6.94. The molecule has 0 aliphatic carbocycles. The first-order valence-corrected chi connectivity index (χ1v) is 8.38. The number of aromatic nitrogens is 2. The van der Waals surface area contributed by atoms with Gasteiger partial charge in [-0.05, 0) is 12.8 Å². The van der Waals surface area contributed by atoms with E-state index in [-0.39, 0.29) is 24.9 Å². The summed E-state index contributed by atoms with van der Waals surface area (Å²) in [5, 5.41) is 6.94. The number of rotatable bonds is 7. The van der Waals surface area contributed by atoms with Crippen molar-refractivity contribution in [3.8, 4) is 0 Å². The average molecular weight is 302 g/mol. The van der Waals surface area contributed by atoms with Crippen LogP contribution in [-0.4, -0.2) is 36.9 Å². The molecule has 0 unspecified atom stereocenters. The molecule has 0 fully saturated rings. The highest BCUT2D eigenvalue weighted by Crippen LogP contribution is 2.20. The number of anilines is 1. The van der Waals surface area contributed by atoms with E-state index in [2.05, 4.69) is 29.0 Å². The van der Waals surface area contributed by atoms with Crippen molar-refractivity contribution in [3.63, 3.8) is 0 Å². The summed E-state index contributed by atoms with van der Waals surface area (Å²) in [6, 6.07) is 1.88. The number of carbonyl (C=O) groups is 1. The lowest BCUT2D eigenvalue weighted by Gasteiger charge is -2.19. The minimum Gasteiger partial charge on any atom is -0.311 e. The molecular weight excluding hydrogens is 280 g/mol. The summed E-state index contributed by atoms with van der Waals surface area (Å²) >= 11 is 0. The number of carbonyl (C=O) groups excluding carboxylic acids is 1. The second-order valence-electron chi connectivity index (χ2n) is 5.11. The van der Waals surface area contributed by atoms with Gasteiger partial charge in [-0.15, -0.1) is 0 Å². The Labute approximate surface area is 119 Å². The highest BCUT2D eigenvalue weighted by Gasteiger charge is 2.15. The minimum atomic E-state index is -3.26. The summed E-state index contributed by atoms with van der Waals surface area (Å²) in [7, 11) is -3.26. The molecule has 1 aromatic rings. The van der Waals surface area contributed by atoms with Gasteiger partial charge in [-0.2, -0.15) is 5.10 Å². The number of amides is 1. The zero-order valence-electron chi connectivity index (χ0n) is 12.3. The van der Waals surface area contributed by atoms with Crippen LogP contribution < -0.4 is 10.0 Å². The highest BCUT2D eigenvalue weighted by molar-refractivity contribution is 7.88. The van der Waals surface area contributed by atoms with Crippen LogP contribution in [0.15, 0.2) is 12.3 Å². The summed E-state index contributed by atoms with van der Waals surface area (Å²) < 4.78 is 25.8. The minimum absolute atomic E-state index is 0.0777. The van der Waals surface area contributed by atoms with Gasteiger partial charge in [0.15, 0.2) is 0 Å². The van der Waals surface area contributed by atoms with Gasteiger partial charge in [-0.1, -0.05) is 13.8 Å². The van der Waals surface area contributed by atoms with Crippen molar-refractivity contribution in [2.24, 2.45) is 5.92 Å². The predicted molar refractivity (Wildman–Crippen MR) is 77.9 cm³/mol. The van der Waals surface area contributed by atoms with E-state index in [9.17, 15) is 13.2 Å². The van der Waals surface area contributed by atoms with Crippen molar-refractivity contribution >= 4 is 21.7 Å². The number of hydrogen-bond donors (Lipinski definition) is 2. The van der Waals surface area contributed by atoms with Crippen LogP contribution in [0.25, 0.3) is 0 Å². The number of nitrogens with zero attached hydrogens (tertiary/aromatic N) is 2. The van der Waals surface area contributed by atoms with E-state index < -0.39 is 10.0 Å². The Morgan fingerprint density at radius 1 is 1.40 bits per heavy atom. The average Bonchev–Trinajstić information content (AvgIpc) is 2.74. The normalized spacial score (nSPS) is 13.4. The molecule has 1 heterocycles. The third-order valence-electron chi connectivity index (χ3n) is 3.00. The summed E-state index contributed by atoms with van der Waals surface area (Å²) in [4.78, 5) is 11.8. The third-order valence-corrected chi connectivity index (χ3v) is 3.73. The van der Waals surface area contributed by atoms with Gasteiger partial charge >= 0.3 is 0 Å². The van der Waals surface area contributed by atoms with Crippen molar-refractivity contribution < 1.29 is 13.2 Å². The first kappa shape index (κ1) is 16.6. The van der Waals surface area contributed by atoms with Crippen molar-refractivity contribution in [2.45, 2.75) is 33.2 Å². The molecule has 7 nitrogen and oxygen atoms in total. The molecule has 20 heavy (non-hydrogen) atoms. The smallest absolute Gasteiger partial charge is 0.226 e. The first-order valence-electron chi connectivity index (χ1n) is 6.48. The van der Waals surface area contributed by atoms with Gasteiger partial charge in [-0.3, -0.25) is 4.79 Å². The first-order chi connectivity index (χ1) is 9.20. The second kappa shape index (κ2) is 6.85. The van der Waals surface area contributed by atoms with E-state index in [1.54, 1.807) is 16.9 Å². The van der Waals surface area contributed by atoms with Crippen LogP contribution in [-0.2, 0) is 14.8 Å². The molecule has 2 N–H and O–H groups in total. The zero-order valence-corrected chi connectivity index (χ0v) is 13.1. The molecule has 1 atom stereocenters. The maximum absolute atomic E-state index is 11.8. The molecule has 1 amide bonds. The summed E-state index contributed by atoms with van der Waals surface area (Å²) in [5.41, 5.74) is 0. The molecule has 0 saturated carbocycles. The zero-order chi connectivity index (χ0) is 15.3. The van der Waals surface area contributed by atoms with Gasteiger partial charge in [0.2, 0.25) is 15.9 Å². The van der Waals surface area contributed by atoms with E-state index in [4.69, 9.17) is 0 Å². The van der Waals surface area contributed by atoms with Gasteiger partial charge in [-0.25, -0.2) is 17.8 Å². The Morgan fingerprint density at radius 3 is 2.60 bits per heavy atom. The maximum Gasteiger partial charge on any atom is 0.226 e. The van der Waals surface area contributed by atoms with Gasteiger partial charge in [0.05, 0.1) is 18.5 Å². The molecule has 1 aromatic heterocycles. The number of hydrogen-bond acceptors (Lipinski definition) is 4. The summed E-state index contributed by atoms with van der Waals surface area (Å²) in [6.07, 6.45) is 2.77. The molecule has 0 aromatic carbocycles. The molecule has 0 bridgehead atoms. The topological polar surface area (TPSA) is 93.1 Å². The summed E-state index contributed by atoms with van der Waals surface area (Å²) in [6.45, 7) is 6.26. The van der Waals surface area contributed by atoms with E-state index in [1.165, 1.54) is 0 Å². The molecule has 0 radical (unpaired) electrons. The molecule has 0 aliphatic heterocycles. The lowest BCUT2D eigenvalue weighted by molar-refractivity contribution is -0.116. The van der Waals surface area contributed by atoms with Crippen LogP contribution in [0.4, 0.5) is 5.82 Å². The molecule has 0 spiro atoms. The SMILES string of the molecule is CC(C)[C@@H](C)n1nccc1NC(=O)CCNS(C)(=O)=O. The van der Waals surface area contributed by atoms with Crippen LogP contribution >= 0.6 is 0 Å². The third kappa shape index (κ3) is 5.30. The standard InChI is InChI=1S/C12H22N4O3S/c1-9(2)10(3)16-11(5-7-13-16)15-12(17)6-8-14-20(4,18)19/h5,7,9-10,14H,6,8H2,1-4H3,(H,15,17)/t10-/m1/s1. The van der Waals surface area contributed by atoms with Crippen LogP contribution in [0.3, 0.4) is 0 Å². The molecule has 114 valence electrons. The number of nitrogens with one attached hydrogen (secondary N) is 2. The quantitative estimate of drug-likeness (QED) is 0.785. The van der Waals surface area contributed by atoms with Crippen molar-refractivity contribution in [1.29, 1.82) is 0 Å². The van der Waals surface area contributed by atoms with Crippen LogP contribution in [0.5, 0.6) is 0 Å². The van der Waals surface area contributed by atoms with Gasteiger partial charge in [0.25, 0.3) is 0 Å². The Bertz CT molecular complexity index is 551. The summed E-state index contributed by atoms with van der Waals surface area (Å²) in [5.74, 6) is 0.756. The Kier molecular flexibility index (Phi) is 5.70. The van der Waals surface area contributed by atoms with Crippen molar-refractivity contribution in [2.75, 3.05) is 18.1 Å². The molecule has 8 heteroatoms. The Balaban J connectivity index is 2.57. The predicted octanol–water partition coefficient (Wildman–Crippen LogP) is 0.978. The van der Waals surface area contributed by atoms with Crippen molar-refractivity contribution in [1.82, 2.24) is 14.5 Å². The van der Waals surface area contributed by atoms with E-state index in [0.717, 1.165) is 6.26 Å². The Hall–Kier alpha value is -1.41. The van der Waals surface area contributed by atoms with Crippen LogP contribution in [0, 0.1) is 5.92 Å². The van der Waals surface area contributed by atoms with E-state index >= 15 is 0 Å². The lowest BCUT2D eigenvalue weighted by atomic mass is 10.1. The highest BCUT2D eigenvalue weighted by atomic mass is 32.2. The molecule has 1 rings (SSSR count). The molecular formula is C12H22N4O3S. The molecule has 0 saturated heterocycles. The largest absolute Gasteiger partial charge is 0.311 e. The van der Waals surface area contributed by atoms with Gasteiger partial charge in [0, 0.05) is 19.0 Å². The van der Waals surface area contributed by atoms with Crippen LogP contribution in [0.1, 0.15) is 33.2 Å².